The zero-order valence-corrected chi connectivity index (χ0v) is 19.2. The molecule has 170 valence electrons. The summed E-state index contributed by atoms with van der Waals surface area (Å²) in [5, 5.41) is 11.7. The molecule has 1 atom stereocenters. The van der Waals surface area contributed by atoms with Crippen LogP contribution in [0.4, 0.5) is 4.39 Å². The molecule has 0 saturated heterocycles. The molecule has 1 unspecified atom stereocenters. The maximum atomic E-state index is 13.7. The predicted molar refractivity (Wildman–Crippen MR) is 121 cm³/mol. The van der Waals surface area contributed by atoms with E-state index in [1.165, 1.54) is 29.5 Å². The Morgan fingerprint density at radius 2 is 2.06 bits per heavy atom. The quantitative estimate of drug-likeness (QED) is 0.472. The van der Waals surface area contributed by atoms with Crippen LogP contribution in [-0.2, 0) is 19.8 Å². The number of aliphatic hydroxyl groups is 1. The maximum Gasteiger partial charge on any atom is 0.254 e. The van der Waals surface area contributed by atoms with E-state index in [0.717, 1.165) is 17.0 Å². The molecule has 8 heteroatoms. The summed E-state index contributed by atoms with van der Waals surface area (Å²) in [6.07, 6.45) is 0.762. The highest BCUT2D eigenvalue weighted by Crippen LogP contribution is 2.30. The first-order valence-corrected chi connectivity index (χ1v) is 11.2. The molecule has 1 heterocycles. The van der Waals surface area contributed by atoms with Gasteiger partial charge in [-0.05, 0) is 49.2 Å². The topological polar surface area (TPSA) is 71.9 Å². The summed E-state index contributed by atoms with van der Waals surface area (Å²) >= 11 is 1.41. The first kappa shape index (κ1) is 23.7. The van der Waals surface area contributed by atoms with Gasteiger partial charge in [-0.25, -0.2) is 9.37 Å². The summed E-state index contributed by atoms with van der Waals surface area (Å²) in [6.45, 7) is 4.45. The number of rotatable bonds is 10. The van der Waals surface area contributed by atoms with E-state index in [4.69, 9.17) is 9.47 Å². The average molecular weight is 459 g/mol. The maximum absolute atomic E-state index is 13.7. The van der Waals surface area contributed by atoms with E-state index in [1.54, 1.807) is 29.5 Å². The fraction of sp³-hybridized carbons (Fsp3) is 0.333. The number of aromatic nitrogens is 1. The van der Waals surface area contributed by atoms with Gasteiger partial charge in [-0.2, -0.15) is 0 Å². The number of methoxy groups -OCH3 is 1. The van der Waals surface area contributed by atoms with Crippen LogP contribution in [0.25, 0.3) is 0 Å². The standard InChI is InChI=1S/C24H27FN2O4S/c1-4-16(2)27(24(29)18-6-5-7-19(25)11-18)12-17-8-9-21(30-3)22(10-17)31-14-23-26-20(13-28)15-32-23/h5-11,15-16,28H,4,12-14H2,1-3H3. The number of benzene rings is 2. The minimum absolute atomic E-state index is 0.0375. The van der Waals surface area contributed by atoms with Crippen LogP contribution in [0, 0.1) is 5.82 Å². The van der Waals surface area contributed by atoms with E-state index in [-0.39, 0.29) is 25.2 Å². The molecule has 32 heavy (non-hydrogen) atoms. The number of ether oxygens (including phenoxy) is 2. The third-order valence-electron chi connectivity index (χ3n) is 5.15. The van der Waals surface area contributed by atoms with Gasteiger partial charge < -0.3 is 19.5 Å². The molecule has 3 aromatic rings. The monoisotopic (exact) mass is 458 g/mol. The second-order valence-electron chi connectivity index (χ2n) is 7.37. The SMILES string of the molecule is CCC(C)N(Cc1ccc(OC)c(OCc2nc(CO)cs2)c1)C(=O)c1cccc(F)c1. The van der Waals surface area contributed by atoms with Gasteiger partial charge in [0.2, 0.25) is 0 Å². The number of hydrogen-bond acceptors (Lipinski definition) is 6. The summed E-state index contributed by atoms with van der Waals surface area (Å²) in [5.74, 6) is 0.440. The van der Waals surface area contributed by atoms with Gasteiger partial charge in [0.25, 0.3) is 5.91 Å². The number of halogens is 1. The van der Waals surface area contributed by atoms with Crippen molar-refractivity contribution in [2.75, 3.05) is 7.11 Å². The molecule has 3 rings (SSSR count). The van der Waals surface area contributed by atoms with E-state index in [2.05, 4.69) is 4.98 Å². The molecular formula is C24H27FN2O4S. The van der Waals surface area contributed by atoms with Crippen LogP contribution in [0.1, 0.15) is 46.9 Å². The Kier molecular flexibility index (Phi) is 8.19. The van der Waals surface area contributed by atoms with Crippen molar-refractivity contribution in [3.05, 3.63) is 75.5 Å². The second kappa shape index (κ2) is 11.1. The number of carbonyl (C=O) groups excluding carboxylic acids is 1. The van der Waals surface area contributed by atoms with Gasteiger partial charge in [-0.15, -0.1) is 11.3 Å². The van der Waals surface area contributed by atoms with Crippen molar-refractivity contribution in [1.82, 2.24) is 9.88 Å². The number of carbonyl (C=O) groups is 1. The lowest BCUT2D eigenvalue weighted by Crippen LogP contribution is -2.37. The predicted octanol–water partition coefficient (Wildman–Crippen LogP) is 4.80. The van der Waals surface area contributed by atoms with Gasteiger partial charge in [-0.3, -0.25) is 4.79 Å². The van der Waals surface area contributed by atoms with Gasteiger partial charge in [0, 0.05) is 23.5 Å². The van der Waals surface area contributed by atoms with Gasteiger partial charge in [0.1, 0.15) is 17.4 Å². The van der Waals surface area contributed by atoms with E-state index >= 15 is 0 Å². The summed E-state index contributed by atoms with van der Waals surface area (Å²) in [5.41, 5.74) is 1.79. The van der Waals surface area contributed by atoms with Crippen molar-refractivity contribution >= 4 is 17.2 Å². The molecule has 0 radical (unpaired) electrons. The van der Waals surface area contributed by atoms with Crippen LogP contribution >= 0.6 is 11.3 Å². The zero-order valence-electron chi connectivity index (χ0n) is 18.4. The summed E-state index contributed by atoms with van der Waals surface area (Å²) in [7, 11) is 1.56. The van der Waals surface area contributed by atoms with E-state index in [0.29, 0.717) is 29.3 Å². The molecule has 1 N–H and O–H groups in total. The van der Waals surface area contributed by atoms with Crippen molar-refractivity contribution in [3.63, 3.8) is 0 Å². The van der Waals surface area contributed by atoms with Crippen LogP contribution < -0.4 is 9.47 Å². The molecule has 0 aliphatic carbocycles. The fourth-order valence-corrected chi connectivity index (χ4v) is 3.89. The third kappa shape index (κ3) is 5.83. The Morgan fingerprint density at radius 3 is 2.72 bits per heavy atom. The van der Waals surface area contributed by atoms with Gasteiger partial charge in [-0.1, -0.05) is 19.1 Å². The summed E-state index contributed by atoms with van der Waals surface area (Å²) in [6, 6.07) is 11.2. The van der Waals surface area contributed by atoms with Crippen molar-refractivity contribution in [2.24, 2.45) is 0 Å². The Bertz CT molecular complexity index is 1060. The minimum Gasteiger partial charge on any atom is -0.493 e. The highest BCUT2D eigenvalue weighted by Gasteiger charge is 2.22. The number of aliphatic hydroxyl groups excluding tert-OH is 1. The zero-order chi connectivity index (χ0) is 23.1. The number of hydrogen-bond donors (Lipinski definition) is 1. The third-order valence-corrected chi connectivity index (χ3v) is 6.02. The Morgan fingerprint density at radius 1 is 1.25 bits per heavy atom. The highest BCUT2D eigenvalue weighted by atomic mass is 32.1. The van der Waals surface area contributed by atoms with Crippen LogP contribution in [0.15, 0.2) is 47.8 Å². The molecule has 0 aliphatic heterocycles. The molecule has 1 amide bonds. The lowest BCUT2D eigenvalue weighted by molar-refractivity contribution is 0.0671. The fourth-order valence-electron chi connectivity index (χ4n) is 3.19. The number of amides is 1. The molecule has 0 saturated carbocycles. The minimum atomic E-state index is -0.438. The Hall–Kier alpha value is -2.97. The van der Waals surface area contributed by atoms with Crippen molar-refractivity contribution in [2.45, 2.75) is 46.1 Å². The number of thiazole rings is 1. The average Bonchev–Trinajstić information content (AvgIpc) is 3.28. The van der Waals surface area contributed by atoms with Crippen LogP contribution in [-0.4, -0.2) is 34.0 Å². The summed E-state index contributed by atoms with van der Waals surface area (Å²) < 4.78 is 25.0. The highest BCUT2D eigenvalue weighted by molar-refractivity contribution is 7.09. The molecular weight excluding hydrogens is 431 g/mol. The molecule has 2 aromatic carbocycles. The Labute approximate surface area is 191 Å². The van der Waals surface area contributed by atoms with Gasteiger partial charge >= 0.3 is 0 Å². The first-order valence-electron chi connectivity index (χ1n) is 10.4. The van der Waals surface area contributed by atoms with Crippen molar-refractivity contribution < 1.29 is 23.8 Å². The largest absolute Gasteiger partial charge is 0.493 e. The van der Waals surface area contributed by atoms with Crippen LogP contribution in [0.5, 0.6) is 11.5 Å². The first-order chi connectivity index (χ1) is 15.4. The molecule has 1 aromatic heterocycles. The molecule has 0 spiro atoms. The van der Waals surface area contributed by atoms with E-state index in [9.17, 15) is 14.3 Å². The smallest absolute Gasteiger partial charge is 0.254 e. The summed E-state index contributed by atoms with van der Waals surface area (Å²) in [4.78, 5) is 19.1. The second-order valence-corrected chi connectivity index (χ2v) is 8.31. The molecule has 0 bridgehead atoms. The molecule has 6 nitrogen and oxygen atoms in total. The van der Waals surface area contributed by atoms with Gasteiger partial charge in [0.05, 0.1) is 19.4 Å². The van der Waals surface area contributed by atoms with Crippen molar-refractivity contribution in [1.29, 1.82) is 0 Å². The molecule has 0 fully saturated rings. The van der Waals surface area contributed by atoms with Crippen LogP contribution in [0.3, 0.4) is 0 Å². The number of nitrogens with zero attached hydrogens (tertiary/aromatic N) is 2. The van der Waals surface area contributed by atoms with Crippen molar-refractivity contribution in [3.8, 4) is 11.5 Å². The Balaban J connectivity index is 1.81. The normalized spacial score (nSPS) is 11.8. The lowest BCUT2D eigenvalue weighted by atomic mass is 10.1. The van der Waals surface area contributed by atoms with Crippen LogP contribution in [0.2, 0.25) is 0 Å². The van der Waals surface area contributed by atoms with E-state index in [1.807, 2.05) is 26.0 Å². The molecule has 0 aliphatic rings. The van der Waals surface area contributed by atoms with E-state index < -0.39 is 5.82 Å². The van der Waals surface area contributed by atoms with Gasteiger partial charge in [0.15, 0.2) is 11.5 Å². The lowest BCUT2D eigenvalue weighted by Gasteiger charge is -2.29.